The average molecular weight is 314 g/mol. The molecular weight excluding hydrogens is 275 g/mol. The SMILES string of the molecule is BC1=CCC2C(CC)C(C(C)(CCC(C)C)C(=C)C)CCC12C. The Labute approximate surface area is 146 Å². The summed E-state index contributed by atoms with van der Waals surface area (Å²) in [6.07, 6.45) is 10.6. The van der Waals surface area contributed by atoms with Crippen molar-refractivity contribution in [2.45, 2.75) is 80.1 Å². The lowest BCUT2D eigenvalue weighted by molar-refractivity contribution is -0.00418. The fourth-order valence-corrected chi connectivity index (χ4v) is 5.73. The van der Waals surface area contributed by atoms with E-state index in [4.69, 9.17) is 0 Å². The molecule has 2 aliphatic carbocycles. The van der Waals surface area contributed by atoms with Crippen LogP contribution in [0, 0.1) is 34.5 Å². The Morgan fingerprint density at radius 1 is 1.48 bits per heavy atom. The quantitative estimate of drug-likeness (QED) is 0.417. The lowest BCUT2D eigenvalue weighted by Gasteiger charge is -2.54. The molecule has 5 unspecified atom stereocenters. The first-order valence-corrected chi connectivity index (χ1v) is 10.00. The molecule has 0 nitrogen and oxygen atoms in total. The summed E-state index contributed by atoms with van der Waals surface area (Å²) in [7, 11) is 2.38. The van der Waals surface area contributed by atoms with Gasteiger partial charge in [-0.2, -0.15) is 0 Å². The molecule has 0 N–H and O–H groups in total. The van der Waals surface area contributed by atoms with Crippen molar-refractivity contribution >= 4 is 7.85 Å². The van der Waals surface area contributed by atoms with Crippen molar-refractivity contribution in [2.75, 3.05) is 0 Å². The zero-order chi connectivity index (χ0) is 17.4. The van der Waals surface area contributed by atoms with Gasteiger partial charge in [-0.1, -0.05) is 65.7 Å². The van der Waals surface area contributed by atoms with Crippen molar-refractivity contribution in [3.63, 3.8) is 0 Å². The molecule has 0 radical (unpaired) electrons. The first-order chi connectivity index (χ1) is 10.7. The van der Waals surface area contributed by atoms with Gasteiger partial charge in [-0.15, -0.1) is 5.47 Å². The van der Waals surface area contributed by atoms with Gasteiger partial charge >= 0.3 is 0 Å². The van der Waals surface area contributed by atoms with E-state index in [0.717, 1.165) is 23.7 Å². The maximum Gasteiger partial charge on any atom is 0.134 e. The molecular formula is C22H39B. The van der Waals surface area contributed by atoms with E-state index in [1.165, 1.54) is 44.1 Å². The minimum atomic E-state index is 0.322. The van der Waals surface area contributed by atoms with Gasteiger partial charge in [-0.25, -0.2) is 0 Å². The normalized spacial score (nSPS) is 36.5. The molecule has 1 saturated carbocycles. The Kier molecular flexibility index (Phi) is 5.59. The van der Waals surface area contributed by atoms with Crippen LogP contribution >= 0.6 is 0 Å². The van der Waals surface area contributed by atoms with E-state index in [9.17, 15) is 0 Å². The second kappa shape index (κ2) is 6.81. The van der Waals surface area contributed by atoms with Crippen molar-refractivity contribution in [1.29, 1.82) is 0 Å². The Morgan fingerprint density at radius 2 is 2.13 bits per heavy atom. The van der Waals surface area contributed by atoms with Crippen molar-refractivity contribution in [2.24, 2.45) is 34.5 Å². The van der Waals surface area contributed by atoms with Crippen molar-refractivity contribution in [3.8, 4) is 0 Å². The number of hydrogen-bond acceptors (Lipinski definition) is 0. The van der Waals surface area contributed by atoms with Crippen LogP contribution in [0.1, 0.15) is 80.1 Å². The Bertz CT molecular complexity index is 474. The third kappa shape index (κ3) is 3.22. The first kappa shape index (κ1) is 18.9. The van der Waals surface area contributed by atoms with Gasteiger partial charge in [0.15, 0.2) is 0 Å². The molecule has 0 spiro atoms. The zero-order valence-corrected chi connectivity index (χ0v) is 16.8. The lowest BCUT2D eigenvalue weighted by atomic mass is 9.49. The second-order valence-electron chi connectivity index (χ2n) is 9.49. The van der Waals surface area contributed by atoms with E-state index in [0.29, 0.717) is 10.8 Å². The molecule has 0 aromatic heterocycles. The molecule has 5 atom stereocenters. The highest BCUT2D eigenvalue weighted by Crippen LogP contribution is 2.61. The van der Waals surface area contributed by atoms with E-state index in [1.54, 1.807) is 5.47 Å². The standard InChI is InChI=1S/C22H39B/c1-8-17-18-9-10-20(23)22(18,7)14-12-19(17)21(6,16(4)5)13-11-15(2)3/h10,15,17-19H,4,8-9,11-14,23H2,1-3,5-7H3. The van der Waals surface area contributed by atoms with Crippen LogP contribution < -0.4 is 0 Å². The van der Waals surface area contributed by atoms with E-state index in [2.05, 4.69) is 62.0 Å². The summed E-state index contributed by atoms with van der Waals surface area (Å²) in [6, 6.07) is 0. The van der Waals surface area contributed by atoms with Gasteiger partial charge in [0, 0.05) is 0 Å². The lowest BCUT2D eigenvalue weighted by Crippen LogP contribution is -2.46. The van der Waals surface area contributed by atoms with Gasteiger partial charge in [0.1, 0.15) is 7.85 Å². The van der Waals surface area contributed by atoms with Crippen LogP contribution in [0.5, 0.6) is 0 Å². The number of fused-ring (bicyclic) bond motifs is 1. The van der Waals surface area contributed by atoms with Crippen molar-refractivity contribution in [3.05, 3.63) is 23.7 Å². The molecule has 1 heteroatoms. The maximum atomic E-state index is 4.45. The van der Waals surface area contributed by atoms with E-state index in [1.807, 2.05) is 0 Å². The molecule has 2 aliphatic rings. The summed E-state index contributed by atoms with van der Waals surface area (Å²) in [4.78, 5) is 0. The summed E-state index contributed by atoms with van der Waals surface area (Å²) < 4.78 is 0. The number of rotatable bonds is 6. The maximum absolute atomic E-state index is 4.45. The van der Waals surface area contributed by atoms with Crippen LogP contribution in [0.25, 0.3) is 0 Å². The van der Waals surface area contributed by atoms with E-state index < -0.39 is 0 Å². The van der Waals surface area contributed by atoms with Gasteiger partial charge in [-0.3, -0.25) is 0 Å². The number of allylic oxidation sites excluding steroid dienone is 3. The van der Waals surface area contributed by atoms with Crippen LogP contribution in [0.15, 0.2) is 23.7 Å². The zero-order valence-electron chi connectivity index (χ0n) is 16.8. The largest absolute Gasteiger partial charge is 0.134 e. The second-order valence-corrected chi connectivity index (χ2v) is 9.49. The van der Waals surface area contributed by atoms with Crippen molar-refractivity contribution in [1.82, 2.24) is 0 Å². The predicted octanol–water partition coefficient (Wildman–Crippen LogP) is 5.98. The Morgan fingerprint density at radius 3 is 2.65 bits per heavy atom. The Balaban J connectivity index is 2.29. The number of hydrogen-bond donors (Lipinski definition) is 0. The minimum absolute atomic E-state index is 0.322. The van der Waals surface area contributed by atoms with Crippen LogP contribution in [-0.4, -0.2) is 7.85 Å². The highest BCUT2D eigenvalue weighted by Gasteiger charge is 2.52. The molecule has 130 valence electrons. The molecule has 0 saturated heterocycles. The molecule has 0 aromatic rings. The Hall–Kier alpha value is -0.455. The first-order valence-electron chi connectivity index (χ1n) is 10.00. The molecule has 0 heterocycles. The molecule has 2 rings (SSSR count). The molecule has 0 aliphatic heterocycles. The minimum Gasteiger partial charge on any atom is -0.108 e. The monoisotopic (exact) mass is 314 g/mol. The fourth-order valence-electron chi connectivity index (χ4n) is 5.73. The molecule has 0 aromatic carbocycles. The van der Waals surface area contributed by atoms with E-state index >= 15 is 0 Å². The third-order valence-electron chi connectivity index (χ3n) is 7.91. The van der Waals surface area contributed by atoms with Gasteiger partial charge in [0.05, 0.1) is 0 Å². The van der Waals surface area contributed by atoms with Crippen LogP contribution in [0.4, 0.5) is 0 Å². The fraction of sp³-hybridized carbons (Fsp3) is 0.818. The van der Waals surface area contributed by atoms with E-state index in [-0.39, 0.29) is 0 Å². The molecule has 0 bridgehead atoms. The molecule has 0 amide bonds. The van der Waals surface area contributed by atoms with Gasteiger partial charge in [0.2, 0.25) is 0 Å². The smallest absolute Gasteiger partial charge is 0.108 e. The molecule has 1 fully saturated rings. The summed E-state index contributed by atoms with van der Waals surface area (Å²) >= 11 is 0. The van der Waals surface area contributed by atoms with Crippen molar-refractivity contribution < 1.29 is 0 Å². The summed E-state index contributed by atoms with van der Waals surface area (Å²) in [5.41, 5.74) is 3.89. The average Bonchev–Trinajstić information content (AvgIpc) is 2.79. The van der Waals surface area contributed by atoms with Crippen LogP contribution in [0.2, 0.25) is 0 Å². The highest BCUT2D eigenvalue weighted by molar-refractivity contribution is 6.22. The van der Waals surface area contributed by atoms with Crippen LogP contribution in [-0.2, 0) is 0 Å². The third-order valence-corrected chi connectivity index (χ3v) is 7.91. The predicted molar refractivity (Wildman–Crippen MR) is 106 cm³/mol. The van der Waals surface area contributed by atoms with Gasteiger partial charge in [-0.05, 0) is 67.1 Å². The summed E-state index contributed by atoms with van der Waals surface area (Å²) in [6.45, 7) is 19.0. The van der Waals surface area contributed by atoms with Gasteiger partial charge in [0.25, 0.3) is 0 Å². The molecule has 23 heavy (non-hydrogen) atoms. The van der Waals surface area contributed by atoms with Crippen LogP contribution in [0.3, 0.4) is 0 Å². The van der Waals surface area contributed by atoms with Gasteiger partial charge < -0.3 is 0 Å². The topological polar surface area (TPSA) is 0 Å². The highest BCUT2D eigenvalue weighted by atomic mass is 14.6. The summed E-state index contributed by atoms with van der Waals surface area (Å²) in [5, 5.41) is 0. The summed E-state index contributed by atoms with van der Waals surface area (Å²) in [5.74, 6) is 3.33.